The summed E-state index contributed by atoms with van der Waals surface area (Å²) >= 11 is 1.79. The first-order chi connectivity index (χ1) is 7.88. The number of nitrogens with two attached hydrogens (primary N) is 1. The van der Waals surface area contributed by atoms with Crippen LogP contribution in [0.1, 0.15) is 18.4 Å². The number of thioether (sulfide) groups is 1. The van der Waals surface area contributed by atoms with E-state index in [2.05, 4.69) is 35.8 Å². The number of benzene rings is 1. The van der Waals surface area contributed by atoms with Gasteiger partial charge in [0.25, 0.3) is 0 Å². The molecule has 2 N–H and O–H groups in total. The van der Waals surface area contributed by atoms with E-state index in [0.717, 1.165) is 19.7 Å². The quantitative estimate of drug-likeness (QED) is 0.789. The molecule has 0 aromatic heterocycles. The van der Waals surface area contributed by atoms with Crippen LogP contribution in [0, 0.1) is 0 Å². The van der Waals surface area contributed by atoms with E-state index >= 15 is 0 Å². The minimum atomic E-state index is 0.491. The molecule has 88 valence electrons. The molecule has 1 aromatic carbocycles. The minimum Gasteiger partial charge on any atom is -0.372 e. The summed E-state index contributed by atoms with van der Waals surface area (Å²) in [6, 6.07) is 8.83. The van der Waals surface area contributed by atoms with Gasteiger partial charge in [-0.25, -0.2) is 0 Å². The Morgan fingerprint density at radius 3 is 2.81 bits per heavy atom. The van der Waals surface area contributed by atoms with Crippen LogP contribution >= 0.6 is 11.8 Å². The maximum Gasteiger partial charge on any atom is 0.106 e. The van der Waals surface area contributed by atoms with Gasteiger partial charge in [-0.3, -0.25) is 0 Å². The zero-order valence-corrected chi connectivity index (χ0v) is 10.6. The molecule has 0 radical (unpaired) electrons. The number of rotatable bonds is 5. The molecule has 1 atom stereocenters. The molecule has 0 bridgehead atoms. The molecule has 1 saturated heterocycles. The maximum atomic E-state index is 5.59. The summed E-state index contributed by atoms with van der Waals surface area (Å²) in [5.74, 6) is 0. The third-order valence-electron chi connectivity index (χ3n) is 2.99. The van der Waals surface area contributed by atoms with Crippen LogP contribution in [0.4, 0.5) is 0 Å². The highest BCUT2D eigenvalue weighted by atomic mass is 32.2. The standard InChI is InChI=1S/C13H19NOS/c1-16-13-6-4-11(5-7-13)9-14-10-12-3-2-8-15-12/h4-7,12,14H,2-3,8-10H2,1H3/p+1/t12-/m1/s1. The van der Waals surface area contributed by atoms with Crippen molar-refractivity contribution in [3.63, 3.8) is 0 Å². The van der Waals surface area contributed by atoms with Crippen molar-refractivity contribution in [2.75, 3.05) is 19.4 Å². The molecule has 2 nitrogen and oxygen atoms in total. The van der Waals surface area contributed by atoms with Crippen LogP contribution in [-0.2, 0) is 11.3 Å². The normalized spacial score (nSPS) is 20.2. The highest BCUT2D eigenvalue weighted by molar-refractivity contribution is 7.98. The molecule has 1 fully saturated rings. The Kier molecular flexibility index (Phi) is 4.69. The summed E-state index contributed by atoms with van der Waals surface area (Å²) in [5.41, 5.74) is 1.40. The predicted octanol–water partition coefficient (Wildman–Crippen LogP) is 1.65. The van der Waals surface area contributed by atoms with Gasteiger partial charge >= 0.3 is 0 Å². The van der Waals surface area contributed by atoms with Gasteiger partial charge in [0.2, 0.25) is 0 Å². The molecule has 1 heterocycles. The van der Waals surface area contributed by atoms with Crippen molar-refractivity contribution in [2.24, 2.45) is 0 Å². The van der Waals surface area contributed by atoms with Crippen molar-refractivity contribution in [1.82, 2.24) is 0 Å². The third-order valence-corrected chi connectivity index (χ3v) is 3.74. The summed E-state index contributed by atoms with van der Waals surface area (Å²) in [7, 11) is 0. The lowest BCUT2D eigenvalue weighted by atomic mass is 10.2. The molecule has 2 rings (SSSR count). The largest absolute Gasteiger partial charge is 0.372 e. The molecule has 3 heteroatoms. The Morgan fingerprint density at radius 1 is 1.38 bits per heavy atom. The van der Waals surface area contributed by atoms with E-state index in [9.17, 15) is 0 Å². The summed E-state index contributed by atoms with van der Waals surface area (Å²) < 4.78 is 5.59. The molecular formula is C13H20NOS+. The van der Waals surface area contributed by atoms with Crippen LogP contribution < -0.4 is 5.32 Å². The van der Waals surface area contributed by atoms with E-state index in [1.807, 2.05) is 0 Å². The van der Waals surface area contributed by atoms with E-state index in [1.54, 1.807) is 11.8 Å². The van der Waals surface area contributed by atoms with E-state index in [0.29, 0.717) is 6.10 Å². The van der Waals surface area contributed by atoms with Crippen LogP contribution in [0.3, 0.4) is 0 Å². The second-order valence-corrected chi connectivity index (χ2v) is 5.09. The van der Waals surface area contributed by atoms with E-state index < -0.39 is 0 Å². The lowest BCUT2D eigenvalue weighted by Crippen LogP contribution is -2.84. The van der Waals surface area contributed by atoms with Gasteiger partial charge < -0.3 is 10.1 Å². The molecule has 1 aromatic rings. The molecule has 0 unspecified atom stereocenters. The van der Waals surface area contributed by atoms with E-state index in [-0.39, 0.29) is 0 Å². The Balaban J connectivity index is 1.71. The molecule has 1 aliphatic rings. The molecule has 16 heavy (non-hydrogen) atoms. The number of ether oxygens (including phenoxy) is 1. The monoisotopic (exact) mass is 238 g/mol. The Hall–Kier alpha value is -0.510. The topological polar surface area (TPSA) is 25.8 Å². The van der Waals surface area contributed by atoms with Crippen molar-refractivity contribution in [1.29, 1.82) is 0 Å². The first kappa shape index (κ1) is 12.0. The minimum absolute atomic E-state index is 0.491. The highest BCUT2D eigenvalue weighted by Crippen LogP contribution is 2.14. The Bertz CT molecular complexity index is 306. The summed E-state index contributed by atoms with van der Waals surface area (Å²) in [4.78, 5) is 1.34. The fourth-order valence-corrected chi connectivity index (χ4v) is 2.44. The Morgan fingerprint density at radius 2 is 2.19 bits per heavy atom. The zero-order chi connectivity index (χ0) is 11.2. The summed E-state index contributed by atoms with van der Waals surface area (Å²) in [5, 5.41) is 2.35. The van der Waals surface area contributed by atoms with Gasteiger partial charge in [0.15, 0.2) is 0 Å². The summed E-state index contributed by atoms with van der Waals surface area (Å²) in [6.07, 6.45) is 5.08. The van der Waals surface area contributed by atoms with Crippen LogP contribution in [-0.4, -0.2) is 25.5 Å². The second kappa shape index (κ2) is 6.28. The highest BCUT2D eigenvalue weighted by Gasteiger charge is 2.16. The summed E-state index contributed by atoms with van der Waals surface area (Å²) in [6.45, 7) is 3.12. The van der Waals surface area contributed by atoms with Gasteiger partial charge in [0, 0.05) is 17.1 Å². The van der Waals surface area contributed by atoms with Crippen LogP contribution in [0.5, 0.6) is 0 Å². The maximum absolute atomic E-state index is 5.59. The van der Waals surface area contributed by atoms with Gasteiger partial charge in [-0.2, -0.15) is 0 Å². The van der Waals surface area contributed by atoms with Crippen molar-refractivity contribution in [2.45, 2.75) is 30.4 Å². The Labute approximate surface area is 102 Å². The van der Waals surface area contributed by atoms with Gasteiger partial charge in [-0.15, -0.1) is 11.8 Å². The molecule has 0 amide bonds. The van der Waals surface area contributed by atoms with E-state index in [1.165, 1.54) is 23.3 Å². The molecule has 0 aliphatic carbocycles. The van der Waals surface area contributed by atoms with Crippen molar-refractivity contribution in [3.05, 3.63) is 29.8 Å². The van der Waals surface area contributed by atoms with Crippen molar-refractivity contribution < 1.29 is 10.1 Å². The van der Waals surface area contributed by atoms with Crippen molar-refractivity contribution in [3.8, 4) is 0 Å². The predicted molar refractivity (Wildman–Crippen MR) is 67.7 cm³/mol. The van der Waals surface area contributed by atoms with Crippen LogP contribution in [0.2, 0.25) is 0 Å². The number of quaternary nitrogens is 1. The van der Waals surface area contributed by atoms with Gasteiger partial charge in [-0.1, -0.05) is 12.1 Å². The lowest BCUT2D eigenvalue weighted by Gasteiger charge is -2.08. The third kappa shape index (κ3) is 3.51. The zero-order valence-electron chi connectivity index (χ0n) is 9.82. The molecular weight excluding hydrogens is 218 g/mol. The SMILES string of the molecule is CSc1ccc(C[NH2+]C[C@H]2CCCO2)cc1. The number of hydrogen-bond acceptors (Lipinski definition) is 2. The lowest BCUT2D eigenvalue weighted by molar-refractivity contribution is -0.676. The molecule has 0 spiro atoms. The van der Waals surface area contributed by atoms with E-state index in [4.69, 9.17) is 4.74 Å². The second-order valence-electron chi connectivity index (χ2n) is 4.21. The van der Waals surface area contributed by atoms with Crippen LogP contribution in [0.25, 0.3) is 0 Å². The van der Waals surface area contributed by atoms with Crippen molar-refractivity contribution >= 4 is 11.8 Å². The fraction of sp³-hybridized carbons (Fsp3) is 0.538. The van der Waals surface area contributed by atoms with Gasteiger partial charge in [0.05, 0.1) is 0 Å². The molecule has 1 aliphatic heterocycles. The smallest absolute Gasteiger partial charge is 0.106 e. The van der Waals surface area contributed by atoms with Gasteiger partial charge in [0.1, 0.15) is 19.2 Å². The van der Waals surface area contributed by atoms with Crippen LogP contribution in [0.15, 0.2) is 29.2 Å². The average Bonchev–Trinajstić information content (AvgIpc) is 2.83. The first-order valence-corrected chi connectivity index (χ1v) is 7.17. The number of hydrogen-bond donors (Lipinski definition) is 1. The molecule has 0 saturated carbocycles. The van der Waals surface area contributed by atoms with Gasteiger partial charge in [-0.05, 0) is 31.2 Å². The first-order valence-electron chi connectivity index (χ1n) is 5.94. The average molecular weight is 238 g/mol. The fourth-order valence-electron chi connectivity index (χ4n) is 2.03.